The van der Waals surface area contributed by atoms with E-state index in [-0.39, 0.29) is 30.5 Å². The highest BCUT2D eigenvalue weighted by molar-refractivity contribution is 5.77. The van der Waals surface area contributed by atoms with E-state index in [2.05, 4.69) is 0 Å². The van der Waals surface area contributed by atoms with Crippen molar-refractivity contribution in [3.05, 3.63) is 35.4 Å². The van der Waals surface area contributed by atoms with Crippen LogP contribution < -0.4 is 0 Å². The van der Waals surface area contributed by atoms with Gasteiger partial charge in [0.25, 0.3) is 0 Å². The number of likely N-dealkylation sites (N-methyl/N-ethyl adjacent to an activating group) is 1. The highest BCUT2D eigenvalue weighted by Crippen LogP contribution is 2.36. The van der Waals surface area contributed by atoms with Gasteiger partial charge in [-0.25, -0.2) is 0 Å². The summed E-state index contributed by atoms with van der Waals surface area (Å²) in [6.07, 6.45) is -3.12. The Labute approximate surface area is 156 Å². The second-order valence-corrected chi connectivity index (χ2v) is 7.11. The van der Waals surface area contributed by atoms with Gasteiger partial charge in [0, 0.05) is 25.6 Å². The Morgan fingerprint density at radius 3 is 2.41 bits per heavy atom. The van der Waals surface area contributed by atoms with Crippen molar-refractivity contribution < 1.29 is 27.9 Å². The van der Waals surface area contributed by atoms with Crippen LogP contribution in [0.1, 0.15) is 43.2 Å². The van der Waals surface area contributed by atoms with Gasteiger partial charge < -0.3 is 10.0 Å². The molecule has 150 valence electrons. The number of carbonyl (C=O) groups is 2. The van der Waals surface area contributed by atoms with E-state index in [1.807, 2.05) is 0 Å². The maximum atomic E-state index is 13.2. The third-order valence-electron chi connectivity index (χ3n) is 5.10. The fourth-order valence-corrected chi connectivity index (χ4v) is 3.58. The Balaban J connectivity index is 1.94. The summed E-state index contributed by atoms with van der Waals surface area (Å²) in [4.78, 5) is 26.7. The minimum Gasteiger partial charge on any atom is -0.480 e. The average molecular weight is 386 g/mol. The maximum Gasteiger partial charge on any atom is 0.416 e. The van der Waals surface area contributed by atoms with Gasteiger partial charge in [0.1, 0.15) is 0 Å². The SMILES string of the molecule is CC(CC(=O)N1CCC(N(C)CC(=O)O)CC1)c1ccccc1C(F)(F)F. The first-order valence-electron chi connectivity index (χ1n) is 8.95. The van der Waals surface area contributed by atoms with Crippen molar-refractivity contribution in [1.82, 2.24) is 9.80 Å². The van der Waals surface area contributed by atoms with E-state index in [1.165, 1.54) is 12.1 Å². The number of hydrogen-bond acceptors (Lipinski definition) is 3. The number of benzene rings is 1. The minimum absolute atomic E-state index is 0.0166. The summed E-state index contributed by atoms with van der Waals surface area (Å²) in [5, 5.41) is 8.86. The second-order valence-electron chi connectivity index (χ2n) is 7.11. The first-order chi connectivity index (χ1) is 12.6. The lowest BCUT2D eigenvalue weighted by molar-refractivity contribution is -0.139. The summed E-state index contributed by atoms with van der Waals surface area (Å²) < 4.78 is 39.5. The number of likely N-dealkylation sites (tertiary alicyclic amines) is 1. The number of rotatable bonds is 6. The lowest BCUT2D eigenvalue weighted by Crippen LogP contribution is -2.46. The zero-order valence-corrected chi connectivity index (χ0v) is 15.5. The molecule has 1 amide bonds. The molecule has 0 aromatic heterocycles. The third kappa shape index (κ3) is 5.69. The van der Waals surface area contributed by atoms with Crippen molar-refractivity contribution in [2.45, 2.75) is 44.3 Å². The van der Waals surface area contributed by atoms with Crippen LogP contribution in [0.3, 0.4) is 0 Å². The van der Waals surface area contributed by atoms with E-state index in [4.69, 9.17) is 5.11 Å². The first-order valence-corrected chi connectivity index (χ1v) is 8.95. The number of hydrogen-bond donors (Lipinski definition) is 1. The first kappa shape index (κ1) is 21.2. The predicted molar refractivity (Wildman–Crippen MR) is 94.3 cm³/mol. The molecular formula is C19H25F3N2O3. The molecule has 5 nitrogen and oxygen atoms in total. The van der Waals surface area contributed by atoms with Crippen molar-refractivity contribution in [2.75, 3.05) is 26.7 Å². The molecule has 0 bridgehead atoms. The highest BCUT2D eigenvalue weighted by atomic mass is 19.4. The molecule has 1 aromatic rings. The molecule has 0 spiro atoms. The lowest BCUT2D eigenvalue weighted by atomic mass is 9.92. The van der Waals surface area contributed by atoms with Gasteiger partial charge in [-0.1, -0.05) is 25.1 Å². The molecule has 0 radical (unpaired) electrons. The van der Waals surface area contributed by atoms with E-state index in [0.29, 0.717) is 25.9 Å². The predicted octanol–water partition coefficient (Wildman–Crippen LogP) is 3.21. The molecule has 1 unspecified atom stereocenters. The van der Waals surface area contributed by atoms with Crippen molar-refractivity contribution in [2.24, 2.45) is 0 Å². The van der Waals surface area contributed by atoms with Crippen molar-refractivity contribution >= 4 is 11.9 Å². The van der Waals surface area contributed by atoms with Gasteiger partial charge in [-0.2, -0.15) is 13.2 Å². The lowest BCUT2D eigenvalue weighted by Gasteiger charge is -2.36. The fraction of sp³-hybridized carbons (Fsp3) is 0.579. The van der Waals surface area contributed by atoms with E-state index < -0.39 is 23.6 Å². The number of carbonyl (C=O) groups excluding carboxylic acids is 1. The molecule has 0 aliphatic carbocycles. The molecule has 1 atom stereocenters. The Morgan fingerprint density at radius 1 is 1.26 bits per heavy atom. The summed E-state index contributed by atoms with van der Waals surface area (Å²) in [5.74, 6) is -1.60. The number of halogens is 3. The maximum absolute atomic E-state index is 13.2. The smallest absolute Gasteiger partial charge is 0.416 e. The van der Waals surface area contributed by atoms with E-state index in [0.717, 1.165) is 6.07 Å². The van der Waals surface area contributed by atoms with Gasteiger partial charge in [-0.15, -0.1) is 0 Å². The second kappa shape index (κ2) is 8.73. The molecule has 1 aliphatic rings. The molecule has 2 rings (SSSR count). The summed E-state index contributed by atoms with van der Waals surface area (Å²) >= 11 is 0. The Morgan fingerprint density at radius 2 is 1.85 bits per heavy atom. The number of carboxylic acids is 1. The molecule has 1 N–H and O–H groups in total. The van der Waals surface area contributed by atoms with Crippen LogP contribution in [0.25, 0.3) is 0 Å². The van der Waals surface area contributed by atoms with Crippen LogP contribution >= 0.6 is 0 Å². The van der Waals surface area contributed by atoms with E-state index in [1.54, 1.807) is 29.8 Å². The molecule has 1 saturated heterocycles. The topological polar surface area (TPSA) is 60.9 Å². The summed E-state index contributed by atoms with van der Waals surface area (Å²) in [5.41, 5.74) is -0.561. The Hall–Kier alpha value is -2.09. The molecule has 1 fully saturated rings. The minimum atomic E-state index is -4.44. The molecular weight excluding hydrogens is 361 g/mol. The number of carboxylic acid groups (broad SMARTS) is 1. The van der Waals surface area contributed by atoms with Crippen LogP contribution in [0, 0.1) is 0 Å². The van der Waals surface area contributed by atoms with Gasteiger partial charge >= 0.3 is 12.1 Å². The fourth-order valence-electron chi connectivity index (χ4n) is 3.58. The zero-order valence-electron chi connectivity index (χ0n) is 15.5. The quantitative estimate of drug-likeness (QED) is 0.816. The van der Waals surface area contributed by atoms with E-state index in [9.17, 15) is 22.8 Å². The van der Waals surface area contributed by atoms with Crippen LogP contribution in [-0.2, 0) is 15.8 Å². The largest absolute Gasteiger partial charge is 0.480 e. The third-order valence-corrected chi connectivity index (χ3v) is 5.10. The Kier molecular flexibility index (Phi) is 6.86. The molecule has 0 saturated carbocycles. The van der Waals surface area contributed by atoms with Gasteiger partial charge in [0.2, 0.25) is 5.91 Å². The van der Waals surface area contributed by atoms with Gasteiger partial charge in [0.05, 0.1) is 12.1 Å². The number of nitrogens with zero attached hydrogens (tertiary/aromatic N) is 2. The molecule has 27 heavy (non-hydrogen) atoms. The van der Waals surface area contributed by atoms with Crippen molar-refractivity contribution in [1.29, 1.82) is 0 Å². The van der Waals surface area contributed by atoms with Gasteiger partial charge in [0.15, 0.2) is 0 Å². The number of amides is 1. The molecule has 1 aliphatic heterocycles. The average Bonchev–Trinajstić information content (AvgIpc) is 2.60. The number of alkyl halides is 3. The zero-order chi connectivity index (χ0) is 20.2. The standard InChI is InChI=1S/C19H25F3N2O3/c1-13(15-5-3-4-6-16(15)19(20,21)22)11-17(25)24-9-7-14(8-10-24)23(2)12-18(26)27/h3-6,13-14H,7-12H2,1-2H3,(H,26,27). The van der Waals surface area contributed by atoms with Crippen LogP contribution in [-0.4, -0.2) is 59.5 Å². The monoisotopic (exact) mass is 386 g/mol. The van der Waals surface area contributed by atoms with Crippen molar-refractivity contribution in [3.8, 4) is 0 Å². The van der Waals surface area contributed by atoms with Crippen LogP contribution in [0.5, 0.6) is 0 Å². The van der Waals surface area contributed by atoms with Gasteiger partial charge in [-0.05, 0) is 37.4 Å². The normalized spacial score (nSPS) is 17.2. The number of piperidine rings is 1. The highest BCUT2D eigenvalue weighted by Gasteiger charge is 2.35. The molecule has 1 aromatic carbocycles. The van der Waals surface area contributed by atoms with Crippen LogP contribution in [0.2, 0.25) is 0 Å². The number of aliphatic carboxylic acids is 1. The summed E-state index contributed by atoms with van der Waals surface area (Å²) in [7, 11) is 1.74. The molecule has 1 heterocycles. The summed E-state index contributed by atoms with van der Waals surface area (Å²) in [6.45, 7) is 2.56. The van der Waals surface area contributed by atoms with E-state index >= 15 is 0 Å². The van der Waals surface area contributed by atoms with Crippen LogP contribution in [0.4, 0.5) is 13.2 Å². The van der Waals surface area contributed by atoms with Crippen molar-refractivity contribution in [3.63, 3.8) is 0 Å². The van der Waals surface area contributed by atoms with Crippen LogP contribution in [0.15, 0.2) is 24.3 Å². The molecule has 8 heteroatoms. The Bertz CT molecular complexity index is 670. The van der Waals surface area contributed by atoms with Gasteiger partial charge in [-0.3, -0.25) is 14.5 Å². The summed E-state index contributed by atoms with van der Waals surface area (Å²) in [6, 6.07) is 5.45.